The first kappa shape index (κ1) is 14.5. The minimum Gasteiger partial charge on any atom is -0.447 e. The van der Waals surface area contributed by atoms with Crippen molar-refractivity contribution >= 4 is 21.6 Å². The van der Waals surface area contributed by atoms with Gasteiger partial charge in [-0.2, -0.15) is 4.31 Å². The molecule has 4 nitrogen and oxygen atoms in total. The predicted octanol–water partition coefficient (Wildman–Crippen LogP) is 2.69. The molecule has 0 radical (unpaired) electrons. The van der Waals surface area contributed by atoms with Gasteiger partial charge in [0.15, 0.2) is 0 Å². The van der Waals surface area contributed by atoms with Crippen molar-refractivity contribution in [1.29, 1.82) is 0 Å². The van der Waals surface area contributed by atoms with Crippen molar-refractivity contribution < 1.29 is 12.8 Å². The first-order chi connectivity index (χ1) is 7.66. The average molecular weight is 280 g/mol. The number of furan rings is 1. The Bertz CT molecular complexity index is 473. The number of nitrogens with zero attached hydrogens (tertiary/aromatic N) is 1. The summed E-state index contributed by atoms with van der Waals surface area (Å²) in [6, 6.07) is 3.01. The number of alkyl halides is 1. The molecule has 17 heavy (non-hydrogen) atoms. The molecule has 1 aromatic rings. The normalized spacial score (nSPS) is 13.3. The molecule has 6 heteroatoms. The highest BCUT2D eigenvalue weighted by atomic mass is 35.5. The maximum Gasteiger partial charge on any atom is 0.276 e. The zero-order valence-corrected chi connectivity index (χ0v) is 12.1. The molecule has 98 valence electrons. The molecular formula is C11H18ClNO3S. The Morgan fingerprint density at radius 3 is 2.35 bits per heavy atom. The van der Waals surface area contributed by atoms with Crippen LogP contribution in [0.3, 0.4) is 0 Å². The molecule has 0 aliphatic carbocycles. The molecule has 0 atom stereocenters. The van der Waals surface area contributed by atoms with E-state index in [1.54, 1.807) is 13.1 Å². The van der Waals surface area contributed by atoms with E-state index in [9.17, 15) is 8.42 Å². The molecule has 0 amide bonds. The van der Waals surface area contributed by atoms with Gasteiger partial charge in [-0.1, -0.05) is 20.8 Å². The van der Waals surface area contributed by atoms with Gasteiger partial charge in [0.2, 0.25) is 5.09 Å². The number of hydrogen-bond acceptors (Lipinski definition) is 3. The highest BCUT2D eigenvalue weighted by molar-refractivity contribution is 7.89. The third-order valence-corrected chi connectivity index (χ3v) is 4.07. The fourth-order valence-electron chi connectivity index (χ4n) is 1.48. The smallest absolute Gasteiger partial charge is 0.276 e. The third kappa shape index (κ3) is 3.72. The fraction of sp³-hybridized carbons (Fsp3) is 0.636. The van der Waals surface area contributed by atoms with E-state index < -0.39 is 10.0 Å². The summed E-state index contributed by atoms with van der Waals surface area (Å²) in [5.41, 5.74) is -0.107. The van der Waals surface area contributed by atoms with Crippen LogP contribution in [-0.2, 0) is 15.9 Å². The average Bonchev–Trinajstić information content (AvgIpc) is 2.63. The van der Waals surface area contributed by atoms with Crippen LogP contribution in [0.1, 0.15) is 26.5 Å². The minimum atomic E-state index is -3.55. The fourth-order valence-corrected chi connectivity index (χ4v) is 2.94. The van der Waals surface area contributed by atoms with Gasteiger partial charge in [0.05, 0.1) is 5.88 Å². The zero-order chi connectivity index (χ0) is 13.3. The summed E-state index contributed by atoms with van der Waals surface area (Å²) in [4.78, 5) is 0. The molecule has 1 rings (SSSR count). The van der Waals surface area contributed by atoms with Crippen molar-refractivity contribution in [2.75, 3.05) is 13.6 Å². The van der Waals surface area contributed by atoms with E-state index in [0.29, 0.717) is 12.3 Å². The maximum atomic E-state index is 12.1. The predicted molar refractivity (Wildman–Crippen MR) is 67.5 cm³/mol. The van der Waals surface area contributed by atoms with Gasteiger partial charge in [0.25, 0.3) is 10.0 Å². The Balaban J connectivity index is 2.95. The quantitative estimate of drug-likeness (QED) is 0.796. The van der Waals surface area contributed by atoms with Crippen molar-refractivity contribution in [2.45, 2.75) is 31.7 Å². The van der Waals surface area contributed by atoms with Gasteiger partial charge in [-0.3, -0.25) is 0 Å². The summed E-state index contributed by atoms with van der Waals surface area (Å²) in [7, 11) is -2.01. The molecule has 0 aromatic carbocycles. The summed E-state index contributed by atoms with van der Waals surface area (Å²) < 4.78 is 30.7. The van der Waals surface area contributed by atoms with Crippen LogP contribution in [-0.4, -0.2) is 26.3 Å². The van der Waals surface area contributed by atoms with Crippen molar-refractivity contribution in [2.24, 2.45) is 5.41 Å². The second-order valence-corrected chi connectivity index (χ2v) is 7.42. The molecule has 1 heterocycles. The Hall–Kier alpha value is -0.520. The van der Waals surface area contributed by atoms with Crippen LogP contribution >= 0.6 is 11.6 Å². The van der Waals surface area contributed by atoms with Crippen LogP contribution in [0.2, 0.25) is 0 Å². The van der Waals surface area contributed by atoms with Crippen molar-refractivity contribution in [3.8, 4) is 0 Å². The molecule has 0 N–H and O–H groups in total. The Labute approximate surface area is 108 Å². The molecule has 0 saturated heterocycles. The SMILES string of the molecule is CN(CC(C)(C)C)S(=O)(=O)c1ccc(CCl)o1. The summed E-state index contributed by atoms with van der Waals surface area (Å²) in [6.07, 6.45) is 0. The molecule has 0 fully saturated rings. The van der Waals surface area contributed by atoms with Gasteiger partial charge < -0.3 is 4.42 Å². The van der Waals surface area contributed by atoms with Gasteiger partial charge in [-0.15, -0.1) is 11.6 Å². The first-order valence-corrected chi connectivity index (χ1v) is 7.25. The maximum absolute atomic E-state index is 12.1. The van der Waals surface area contributed by atoms with Crippen LogP contribution in [0.4, 0.5) is 0 Å². The summed E-state index contributed by atoms with van der Waals surface area (Å²) in [5, 5.41) is -0.0556. The van der Waals surface area contributed by atoms with E-state index in [0.717, 1.165) is 0 Å². The molecule has 0 spiro atoms. The van der Waals surface area contributed by atoms with Gasteiger partial charge in [-0.05, 0) is 17.5 Å². The van der Waals surface area contributed by atoms with Gasteiger partial charge in [-0.25, -0.2) is 8.42 Å². The summed E-state index contributed by atoms with van der Waals surface area (Å²) in [5.74, 6) is 0.618. The number of hydrogen-bond donors (Lipinski definition) is 0. The van der Waals surface area contributed by atoms with E-state index in [4.69, 9.17) is 16.0 Å². The monoisotopic (exact) mass is 279 g/mol. The molecule has 1 aromatic heterocycles. The molecule has 0 aliphatic heterocycles. The van der Waals surface area contributed by atoms with Gasteiger partial charge >= 0.3 is 0 Å². The lowest BCUT2D eigenvalue weighted by Crippen LogP contribution is -2.34. The van der Waals surface area contributed by atoms with Crippen LogP contribution < -0.4 is 0 Å². The molecule has 0 bridgehead atoms. The second kappa shape index (κ2) is 5.00. The second-order valence-electron chi connectivity index (χ2n) is 5.18. The van der Waals surface area contributed by atoms with Gasteiger partial charge in [0.1, 0.15) is 5.76 Å². The van der Waals surface area contributed by atoms with Crippen LogP contribution in [0.15, 0.2) is 21.6 Å². The topological polar surface area (TPSA) is 50.5 Å². The van der Waals surface area contributed by atoms with E-state index in [1.807, 2.05) is 20.8 Å². The van der Waals surface area contributed by atoms with Crippen LogP contribution in [0.25, 0.3) is 0 Å². The number of rotatable bonds is 4. The molecular weight excluding hydrogens is 262 g/mol. The van der Waals surface area contributed by atoms with Crippen molar-refractivity contribution in [1.82, 2.24) is 4.31 Å². The number of sulfonamides is 1. The third-order valence-electron chi connectivity index (χ3n) is 2.13. The Kier molecular flexibility index (Phi) is 4.28. The van der Waals surface area contributed by atoms with E-state index in [2.05, 4.69) is 0 Å². The summed E-state index contributed by atoms with van der Waals surface area (Å²) >= 11 is 5.57. The minimum absolute atomic E-state index is 0.0556. The highest BCUT2D eigenvalue weighted by Crippen LogP contribution is 2.22. The zero-order valence-electron chi connectivity index (χ0n) is 10.5. The highest BCUT2D eigenvalue weighted by Gasteiger charge is 2.27. The van der Waals surface area contributed by atoms with Crippen molar-refractivity contribution in [3.05, 3.63) is 17.9 Å². The lowest BCUT2D eigenvalue weighted by molar-refractivity contribution is 0.303. The van der Waals surface area contributed by atoms with Gasteiger partial charge in [0, 0.05) is 13.6 Å². The number of halogens is 1. The molecule has 0 unspecified atom stereocenters. The van der Waals surface area contributed by atoms with E-state index in [-0.39, 0.29) is 16.4 Å². The summed E-state index contributed by atoms with van der Waals surface area (Å²) in [6.45, 7) is 6.36. The molecule has 0 saturated carbocycles. The Morgan fingerprint density at radius 1 is 1.35 bits per heavy atom. The van der Waals surface area contributed by atoms with E-state index >= 15 is 0 Å². The first-order valence-electron chi connectivity index (χ1n) is 5.28. The van der Waals surface area contributed by atoms with Crippen LogP contribution in [0, 0.1) is 5.41 Å². The lowest BCUT2D eigenvalue weighted by Gasteiger charge is -2.25. The van der Waals surface area contributed by atoms with Crippen LogP contribution in [0.5, 0.6) is 0 Å². The standard InChI is InChI=1S/C11H18ClNO3S/c1-11(2,3)8-13(4)17(14,15)10-6-5-9(7-12)16-10/h5-6H,7-8H2,1-4H3. The largest absolute Gasteiger partial charge is 0.447 e. The molecule has 0 aliphatic rings. The Morgan fingerprint density at radius 2 is 1.94 bits per heavy atom. The van der Waals surface area contributed by atoms with E-state index in [1.165, 1.54) is 10.4 Å². The van der Waals surface area contributed by atoms with Crippen molar-refractivity contribution in [3.63, 3.8) is 0 Å². The lowest BCUT2D eigenvalue weighted by atomic mass is 9.97.